The second kappa shape index (κ2) is 5.55. The van der Waals surface area contributed by atoms with Crippen LogP contribution in [0.15, 0.2) is 0 Å². The molecule has 0 aromatic rings. The van der Waals surface area contributed by atoms with E-state index in [-0.39, 0.29) is 5.54 Å². The van der Waals surface area contributed by atoms with E-state index in [1.54, 1.807) is 4.31 Å². The van der Waals surface area contributed by atoms with Crippen LogP contribution in [0.4, 0.5) is 0 Å². The molecule has 2 saturated carbocycles. The summed E-state index contributed by atoms with van der Waals surface area (Å²) in [5.74, 6) is 0.640. The van der Waals surface area contributed by atoms with E-state index in [0.29, 0.717) is 19.0 Å². The Morgan fingerprint density at radius 3 is 2.30 bits per heavy atom. The Balaban J connectivity index is 1.46. The second-order valence-electron chi connectivity index (χ2n) is 7.05. The van der Waals surface area contributed by atoms with E-state index in [0.717, 1.165) is 44.7 Å². The van der Waals surface area contributed by atoms with Crippen LogP contribution in [0.2, 0.25) is 0 Å². The van der Waals surface area contributed by atoms with E-state index in [4.69, 9.17) is 0 Å². The molecule has 0 unspecified atom stereocenters. The van der Waals surface area contributed by atoms with E-state index in [1.807, 2.05) is 6.92 Å². The average molecular weight is 301 g/mol. The fourth-order valence-electron chi connectivity index (χ4n) is 3.16. The first-order valence-electron chi connectivity index (χ1n) is 7.99. The Kier molecular flexibility index (Phi) is 4.10. The maximum Gasteiger partial charge on any atom is 0.279 e. The molecular formula is C14H27N3O2S. The van der Waals surface area contributed by atoms with Gasteiger partial charge in [-0.05, 0) is 64.3 Å². The number of hydrogen-bond donors (Lipinski definition) is 2. The van der Waals surface area contributed by atoms with Crippen LogP contribution < -0.4 is 10.0 Å². The van der Waals surface area contributed by atoms with Gasteiger partial charge in [-0.15, -0.1) is 0 Å². The molecule has 0 radical (unpaired) electrons. The van der Waals surface area contributed by atoms with Gasteiger partial charge in [0.15, 0.2) is 0 Å². The third-order valence-corrected chi connectivity index (χ3v) is 6.81. The molecule has 6 heteroatoms. The first kappa shape index (κ1) is 14.8. The van der Waals surface area contributed by atoms with Gasteiger partial charge in [0.25, 0.3) is 10.2 Å². The highest BCUT2D eigenvalue weighted by Gasteiger charge is 2.38. The molecular weight excluding hydrogens is 274 g/mol. The summed E-state index contributed by atoms with van der Waals surface area (Å²) >= 11 is 0. The van der Waals surface area contributed by atoms with Crippen LogP contribution in [-0.2, 0) is 10.2 Å². The van der Waals surface area contributed by atoms with Crippen LogP contribution >= 0.6 is 0 Å². The average Bonchev–Trinajstić information content (AvgIpc) is 3.18. The molecule has 2 N–H and O–H groups in total. The summed E-state index contributed by atoms with van der Waals surface area (Å²) in [7, 11) is -3.28. The molecule has 3 aliphatic rings. The predicted octanol–water partition coefficient (Wildman–Crippen LogP) is 1.23. The molecule has 0 spiro atoms. The third-order valence-electron chi connectivity index (χ3n) is 5.02. The van der Waals surface area contributed by atoms with Gasteiger partial charge in [-0.3, -0.25) is 0 Å². The lowest BCUT2D eigenvalue weighted by atomic mass is 9.80. The Bertz CT molecular complexity index is 435. The smallest absolute Gasteiger partial charge is 0.279 e. The van der Waals surface area contributed by atoms with Crippen molar-refractivity contribution in [2.75, 3.05) is 19.6 Å². The van der Waals surface area contributed by atoms with Crippen molar-refractivity contribution in [3.8, 4) is 0 Å². The highest BCUT2D eigenvalue weighted by molar-refractivity contribution is 7.87. The molecule has 0 amide bonds. The number of nitrogens with zero attached hydrogens (tertiary/aromatic N) is 1. The molecule has 1 heterocycles. The summed E-state index contributed by atoms with van der Waals surface area (Å²) in [6.07, 6.45) is 7.66. The van der Waals surface area contributed by atoms with E-state index in [9.17, 15) is 8.42 Å². The fourth-order valence-corrected chi connectivity index (χ4v) is 4.81. The maximum atomic E-state index is 12.4. The molecule has 3 rings (SSSR count). The molecule has 0 aromatic heterocycles. The van der Waals surface area contributed by atoms with Crippen LogP contribution in [0.5, 0.6) is 0 Å². The van der Waals surface area contributed by atoms with Gasteiger partial charge >= 0.3 is 0 Å². The number of rotatable bonds is 6. The van der Waals surface area contributed by atoms with Gasteiger partial charge in [-0.1, -0.05) is 0 Å². The second-order valence-corrected chi connectivity index (χ2v) is 8.72. The van der Waals surface area contributed by atoms with Crippen molar-refractivity contribution >= 4 is 10.2 Å². The van der Waals surface area contributed by atoms with Crippen molar-refractivity contribution in [2.45, 2.75) is 63.5 Å². The monoisotopic (exact) mass is 301 g/mol. The van der Waals surface area contributed by atoms with Crippen LogP contribution in [0.25, 0.3) is 0 Å². The summed E-state index contributed by atoms with van der Waals surface area (Å²) < 4.78 is 29.3. The van der Waals surface area contributed by atoms with Gasteiger partial charge in [0.2, 0.25) is 0 Å². The third kappa shape index (κ3) is 3.53. The minimum atomic E-state index is -3.28. The Morgan fingerprint density at radius 2 is 1.80 bits per heavy atom. The van der Waals surface area contributed by atoms with Gasteiger partial charge in [0.1, 0.15) is 0 Å². The van der Waals surface area contributed by atoms with Gasteiger partial charge < -0.3 is 5.32 Å². The lowest BCUT2D eigenvalue weighted by molar-refractivity contribution is 0.226. The van der Waals surface area contributed by atoms with Gasteiger partial charge in [0, 0.05) is 24.7 Å². The summed E-state index contributed by atoms with van der Waals surface area (Å²) in [5, 5.41) is 3.55. The highest BCUT2D eigenvalue weighted by Crippen LogP contribution is 2.32. The van der Waals surface area contributed by atoms with Crippen LogP contribution in [0.3, 0.4) is 0 Å². The molecule has 3 fully saturated rings. The number of nitrogens with one attached hydrogen (secondary N) is 2. The zero-order valence-corrected chi connectivity index (χ0v) is 13.2. The predicted molar refractivity (Wildman–Crippen MR) is 79.6 cm³/mol. The zero-order chi connectivity index (χ0) is 14.2. The molecule has 116 valence electrons. The SMILES string of the molecule is CC1(NS(=O)(=O)N2CCC(CNC3CC3)CC2)CCC1. The van der Waals surface area contributed by atoms with Gasteiger partial charge in [-0.25, -0.2) is 0 Å². The zero-order valence-electron chi connectivity index (χ0n) is 12.4. The van der Waals surface area contributed by atoms with E-state index < -0.39 is 10.2 Å². The van der Waals surface area contributed by atoms with Crippen molar-refractivity contribution in [3.05, 3.63) is 0 Å². The summed E-state index contributed by atoms with van der Waals surface area (Å²) in [6.45, 7) is 4.41. The Hall–Kier alpha value is -0.170. The largest absolute Gasteiger partial charge is 0.314 e. The minimum Gasteiger partial charge on any atom is -0.314 e. The minimum absolute atomic E-state index is 0.191. The maximum absolute atomic E-state index is 12.4. The van der Waals surface area contributed by atoms with Gasteiger partial charge in [-0.2, -0.15) is 17.4 Å². The topological polar surface area (TPSA) is 61.4 Å². The molecule has 0 aromatic carbocycles. The summed E-state index contributed by atoms with van der Waals surface area (Å²) in [5.41, 5.74) is -0.191. The van der Waals surface area contributed by atoms with Crippen molar-refractivity contribution in [3.63, 3.8) is 0 Å². The molecule has 5 nitrogen and oxygen atoms in total. The fraction of sp³-hybridized carbons (Fsp3) is 1.00. The van der Waals surface area contributed by atoms with Crippen molar-refractivity contribution in [2.24, 2.45) is 5.92 Å². The first-order valence-corrected chi connectivity index (χ1v) is 9.43. The standard InChI is InChI=1S/C14H27N3O2S/c1-14(7-2-8-14)16-20(18,19)17-9-5-12(6-10-17)11-15-13-3-4-13/h12-13,15-16H,2-11H2,1H3. The molecule has 1 aliphatic heterocycles. The van der Waals surface area contributed by atoms with E-state index in [2.05, 4.69) is 10.0 Å². The highest BCUT2D eigenvalue weighted by atomic mass is 32.2. The van der Waals surface area contributed by atoms with Crippen LogP contribution in [-0.4, -0.2) is 43.9 Å². The molecule has 0 bridgehead atoms. The molecule has 2 aliphatic carbocycles. The molecule has 1 saturated heterocycles. The normalized spacial score (nSPS) is 28.2. The van der Waals surface area contributed by atoms with Crippen molar-refractivity contribution in [1.82, 2.24) is 14.3 Å². The number of hydrogen-bond acceptors (Lipinski definition) is 3. The molecule has 0 atom stereocenters. The lowest BCUT2D eigenvalue weighted by Crippen LogP contribution is -2.56. The quantitative estimate of drug-likeness (QED) is 0.775. The van der Waals surface area contributed by atoms with Crippen LogP contribution in [0.1, 0.15) is 51.9 Å². The van der Waals surface area contributed by atoms with Crippen molar-refractivity contribution in [1.29, 1.82) is 0 Å². The van der Waals surface area contributed by atoms with Gasteiger partial charge in [0.05, 0.1) is 0 Å². The lowest BCUT2D eigenvalue weighted by Gasteiger charge is -2.41. The Labute approximate surface area is 122 Å². The first-order chi connectivity index (χ1) is 9.47. The number of piperidine rings is 1. The summed E-state index contributed by atoms with van der Waals surface area (Å²) in [4.78, 5) is 0. The van der Waals surface area contributed by atoms with Crippen LogP contribution in [0, 0.1) is 5.92 Å². The van der Waals surface area contributed by atoms with Crippen molar-refractivity contribution < 1.29 is 8.42 Å². The van der Waals surface area contributed by atoms with E-state index in [1.165, 1.54) is 12.8 Å². The summed E-state index contributed by atoms with van der Waals surface area (Å²) in [6, 6.07) is 0.747. The van der Waals surface area contributed by atoms with E-state index >= 15 is 0 Å². The molecule has 20 heavy (non-hydrogen) atoms. The Morgan fingerprint density at radius 1 is 1.15 bits per heavy atom.